The number of hydrogen-bond acceptors (Lipinski definition) is 4. The zero-order valence-electron chi connectivity index (χ0n) is 8.58. The number of nitrogen functional groups attached to an aromatic ring is 1. The standard InChI is InChI=1S/C10H10N4O2/c1-6-12-4-5-14(6)9-8(11)7(10(15)16)2-3-13-9/h2-5H,11H2,1H3,(H,15,16). The lowest BCUT2D eigenvalue weighted by atomic mass is 10.2. The number of pyridine rings is 1. The summed E-state index contributed by atoms with van der Waals surface area (Å²) in [7, 11) is 0. The zero-order chi connectivity index (χ0) is 11.7. The van der Waals surface area contributed by atoms with Gasteiger partial charge in [-0.05, 0) is 13.0 Å². The molecule has 0 spiro atoms. The summed E-state index contributed by atoms with van der Waals surface area (Å²) in [5.74, 6) is 0.00978. The molecule has 0 saturated carbocycles. The lowest BCUT2D eigenvalue weighted by Crippen LogP contribution is -2.09. The van der Waals surface area contributed by atoms with E-state index in [1.165, 1.54) is 12.3 Å². The zero-order valence-corrected chi connectivity index (χ0v) is 8.58. The summed E-state index contributed by atoms with van der Waals surface area (Å²) in [5, 5.41) is 8.92. The number of imidazole rings is 1. The third kappa shape index (κ3) is 1.50. The topological polar surface area (TPSA) is 94.0 Å². The summed E-state index contributed by atoms with van der Waals surface area (Å²) < 4.78 is 1.64. The largest absolute Gasteiger partial charge is 0.478 e. The van der Waals surface area contributed by atoms with Gasteiger partial charge in [0.05, 0.1) is 11.3 Å². The fourth-order valence-electron chi connectivity index (χ4n) is 1.44. The van der Waals surface area contributed by atoms with Crippen molar-refractivity contribution < 1.29 is 9.90 Å². The van der Waals surface area contributed by atoms with Gasteiger partial charge in [-0.3, -0.25) is 4.57 Å². The molecule has 0 aliphatic rings. The molecule has 0 aromatic carbocycles. The number of carbonyl (C=O) groups is 1. The maximum absolute atomic E-state index is 10.9. The molecule has 0 aliphatic carbocycles. The first-order chi connectivity index (χ1) is 7.61. The minimum absolute atomic E-state index is 0.0399. The number of aromatic carboxylic acids is 1. The predicted molar refractivity (Wildman–Crippen MR) is 57.5 cm³/mol. The predicted octanol–water partition coefficient (Wildman–Crippen LogP) is 0.856. The fourth-order valence-corrected chi connectivity index (χ4v) is 1.44. The van der Waals surface area contributed by atoms with Crippen molar-refractivity contribution in [2.75, 3.05) is 5.73 Å². The molecule has 0 bridgehead atoms. The van der Waals surface area contributed by atoms with Gasteiger partial charge in [0.25, 0.3) is 0 Å². The summed E-state index contributed by atoms with van der Waals surface area (Å²) in [5.41, 5.74) is 5.93. The third-order valence-corrected chi connectivity index (χ3v) is 2.25. The van der Waals surface area contributed by atoms with E-state index in [-0.39, 0.29) is 11.3 Å². The second-order valence-corrected chi connectivity index (χ2v) is 3.25. The average molecular weight is 218 g/mol. The van der Waals surface area contributed by atoms with Gasteiger partial charge in [0.2, 0.25) is 0 Å². The van der Waals surface area contributed by atoms with E-state index >= 15 is 0 Å². The quantitative estimate of drug-likeness (QED) is 0.779. The monoisotopic (exact) mass is 218 g/mol. The van der Waals surface area contributed by atoms with E-state index in [1.807, 2.05) is 0 Å². The molecule has 0 atom stereocenters. The molecule has 2 aromatic rings. The Morgan fingerprint density at radius 3 is 2.75 bits per heavy atom. The van der Waals surface area contributed by atoms with Crippen LogP contribution in [0.5, 0.6) is 0 Å². The second-order valence-electron chi connectivity index (χ2n) is 3.25. The molecule has 6 heteroatoms. The number of nitrogens with zero attached hydrogens (tertiary/aromatic N) is 3. The molecule has 2 rings (SSSR count). The molecule has 0 fully saturated rings. The lowest BCUT2D eigenvalue weighted by Gasteiger charge is -2.08. The van der Waals surface area contributed by atoms with Gasteiger partial charge in [-0.25, -0.2) is 14.8 Å². The van der Waals surface area contributed by atoms with E-state index in [1.54, 1.807) is 23.9 Å². The number of anilines is 1. The molecule has 2 aromatic heterocycles. The Hall–Kier alpha value is -2.37. The number of hydrogen-bond donors (Lipinski definition) is 2. The van der Waals surface area contributed by atoms with Crippen molar-refractivity contribution in [2.45, 2.75) is 6.92 Å². The molecule has 0 radical (unpaired) electrons. The van der Waals surface area contributed by atoms with Crippen molar-refractivity contribution in [1.82, 2.24) is 14.5 Å². The van der Waals surface area contributed by atoms with Crippen LogP contribution in [0.4, 0.5) is 5.69 Å². The van der Waals surface area contributed by atoms with Crippen LogP contribution in [0.3, 0.4) is 0 Å². The van der Waals surface area contributed by atoms with E-state index in [4.69, 9.17) is 10.8 Å². The maximum atomic E-state index is 10.9. The van der Waals surface area contributed by atoms with Crippen LogP contribution in [0.15, 0.2) is 24.7 Å². The van der Waals surface area contributed by atoms with Crippen LogP contribution in [0.2, 0.25) is 0 Å². The Kier molecular flexibility index (Phi) is 2.32. The smallest absolute Gasteiger partial charge is 0.337 e. The Morgan fingerprint density at radius 2 is 2.19 bits per heavy atom. The van der Waals surface area contributed by atoms with Crippen LogP contribution in [-0.2, 0) is 0 Å². The lowest BCUT2D eigenvalue weighted by molar-refractivity contribution is 0.0698. The van der Waals surface area contributed by atoms with E-state index in [2.05, 4.69) is 9.97 Å². The first kappa shape index (κ1) is 10.2. The van der Waals surface area contributed by atoms with Crippen molar-refractivity contribution in [3.05, 3.63) is 36.0 Å². The van der Waals surface area contributed by atoms with Crippen LogP contribution < -0.4 is 5.73 Å². The first-order valence-electron chi connectivity index (χ1n) is 4.59. The summed E-state index contributed by atoms with van der Waals surface area (Å²) in [4.78, 5) is 19.0. The van der Waals surface area contributed by atoms with Gasteiger partial charge in [-0.2, -0.15) is 0 Å². The summed E-state index contributed by atoms with van der Waals surface area (Å²) in [6, 6.07) is 1.37. The molecular weight excluding hydrogens is 208 g/mol. The molecule has 0 saturated heterocycles. The minimum Gasteiger partial charge on any atom is -0.478 e. The van der Waals surface area contributed by atoms with E-state index in [0.29, 0.717) is 11.6 Å². The van der Waals surface area contributed by atoms with Crippen LogP contribution in [-0.4, -0.2) is 25.6 Å². The number of rotatable bonds is 2. The number of carboxylic acids is 1. The van der Waals surface area contributed by atoms with Gasteiger partial charge in [-0.1, -0.05) is 0 Å². The van der Waals surface area contributed by atoms with Crippen LogP contribution in [0.1, 0.15) is 16.2 Å². The van der Waals surface area contributed by atoms with Crippen molar-refractivity contribution in [3.63, 3.8) is 0 Å². The van der Waals surface area contributed by atoms with E-state index in [0.717, 1.165) is 0 Å². The van der Waals surface area contributed by atoms with Crippen LogP contribution in [0, 0.1) is 6.92 Å². The van der Waals surface area contributed by atoms with Crippen molar-refractivity contribution >= 4 is 11.7 Å². The number of carboxylic acid groups (broad SMARTS) is 1. The number of aryl methyl sites for hydroxylation is 1. The van der Waals surface area contributed by atoms with E-state index < -0.39 is 5.97 Å². The molecule has 2 heterocycles. The highest BCUT2D eigenvalue weighted by molar-refractivity contribution is 5.95. The highest BCUT2D eigenvalue weighted by atomic mass is 16.4. The highest BCUT2D eigenvalue weighted by Gasteiger charge is 2.14. The molecule has 0 amide bonds. The molecule has 6 nitrogen and oxygen atoms in total. The molecule has 0 aliphatic heterocycles. The van der Waals surface area contributed by atoms with Crippen LogP contribution in [0.25, 0.3) is 5.82 Å². The van der Waals surface area contributed by atoms with Crippen molar-refractivity contribution in [2.24, 2.45) is 0 Å². The van der Waals surface area contributed by atoms with Gasteiger partial charge in [0, 0.05) is 18.6 Å². The Morgan fingerprint density at radius 1 is 1.44 bits per heavy atom. The Balaban J connectivity index is 2.63. The SMILES string of the molecule is Cc1nccn1-c1nccc(C(=O)O)c1N. The van der Waals surface area contributed by atoms with Gasteiger partial charge < -0.3 is 10.8 Å². The number of aromatic nitrogens is 3. The van der Waals surface area contributed by atoms with Crippen molar-refractivity contribution in [3.8, 4) is 5.82 Å². The number of nitrogens with two attached hydrogens (primary N) is 1. The minimum atomic E-state index is -1.07. The van der Waals surface area contributed by atoms with E-state index in [9.17, 15) is 4.79 Å². The molecular formula is C10H10N4O2. The maximum Gasteiger partial charge on any atom is 0.337 e. The molecule has 3 N–H and O–H groups in total. The highest BCUT2D eigenvalue weighted by Crippen LogP contribution is 2.19. The summed E-state index contributed by atoms with van der Waals surface area (Å²) in [6.07, 6.45) is 4.69. The normalized spacial score (nSPS) is 10.3. The Labute approximate surface area is 91.4 Å². The van der Waals surface area contributed by atoms with Gasteiger partial charge >= 0.3 is 5.97 Å². The van der Waals surface area contributed by atoms with Gasteiger partial charge in [-0.15, -0.1) is 0 Å². The van der Waals surface area contributed by atoms with Gasteiger partial charge in [0.15, 0.2) is 5.82 Å². The van der Waals surface area contributed by atoms with Crippen molar-refractivity contribution in [1.29, 1.82) is 0 Å². The third-order valence-electron chi connectivity index (χ3n) is 2.25. The first-order valence-corrected chi connectivity index (χ1v) is 4.59. The summed E-state index contributed by atoms with van der Waals surface area (Å²) >= 11 is 0. The fraction of sp³-hybridized carbons (Fsp3) is 0.100. The molecule has 16 heavy (non-hydrogen) atoms. The Bertz CT molecular complexity index is 548. The van der Waals surface area contributed by atoms with Gasteiger partial charge in [0.1, 0.15) is 5.82 Å². The summed E-state index contributed by atoms with van der Waals surface area (Å²) in [6.45, 7) is 1.79. The molecule has 0 unspecified atom stereocenters. The second kappa shape index (κ2) is 3.65. The molecule has 82 valence electrons. The van der Waals surface area contributed by atoms with Crippen LogP contribution >= 0.6 is 0 Å². The average Bonchev–Trinajstić information content (AvgIpc) is 2.64.